The molecule has 0 unspecified atom stereocenters. The van der Waals surface area contributed by atoms with Crippen LogP contribution in [-0.2, 0) is 50.5 Å². The van der Waals surface area contributed by atoms with Gasteiger partial charge in [0.05, 0.1) is 0 Å². The predicted octanol–water partition coefficient (Wildman–Crippen LogP) is 22.2. The smallest absolute Gasteiger partial charge is 0.325 e. The molecule has 30 heteroatoms. The Morgan fingerprint density at radius 1 is 0.317 bits per heavy atom. The van der Waals surface area contributed by atoms with E-state index in [0.29, 0.717) is 12.8 Å². The Hall–Kier alpha value is 2.39. The lowest BCUT2D eigenvalue weighted by Crippen LogP contribution is -2.58. The predicted molar refractivity (Wildman–Crippen MR) is 414 cm³/mol. The molecule has 15 nitrogen and oxygen atoms in total. The van der Waals surface area contributed by atoms with E-state index in [1.54, 1.807) is 6.92 Å². The highest BCUT2D eigenvalue weighted by molar-refractivity contribution is 7.80. The summed E-state index contributed by atoms with van der Waals surface area (Å²) in [5.41, 5.74) is 0. The highest BCUT2D eigenvalue weighted by Gasteiger charge is 2.46. The van der Waals surface area contributed by atoms with Gasteiger partial charge in [-0.05, 0) is 235 Å². The summed E-state index contributed by atoms with van der Waals surface area (Å²) in [6.07, 6.45) is 2.76. The zero-order valence-corrected chi connectivity index (χ0v) is 68.2. The van der Waals surface area contributed by atoms with E-state index in [1.165, 1.54) is 6.42 Å². The quantitative estimate of drug-likeness (QED) is 0.0384. The SMILES string of the molecule is C.C.C.C.C.C.C.C.C.C.CCCC(=O)O.CCCP(=O)(O)O.CCCS.C[Si](C)(C)O[Si](C)(C)O[Si](C)(C)C.C[Si](C)(C)O[Si](C)(C)O[Si](C)(C)O[Si](C)(C)O[Si](C)(C)C.C[Si](C)(C)O[Si](C)(C)O[Si](C)(C)O[Si](C)(C)O[Si](C)(C)C. The van der Waals surface area contributed by atoms with Gasteiger partial charge >= 0.3 is 73.5 Å². The Balaban J connectivity index is -0.0000000478. The van der Waals surface area contributed by atoms with Gasteiger partial charge in [-0.25, -0.2) is 0 Å². The fraction of sp³-hybridized carbons (Fsp3) is 0.981. The molecule has 0 aliphatic heterocycles. The van der Waals surface area contributed by atoms with Gasteiger partial charge in [-0.15, -0.1) is 0 Å². The van der Waals surface area contributed by atoms with Gasteiger partial charge in [-0.2, -0.15) is 12.6 Å². The van der Waals surface area contributed by atoms with Gasteiger partial charge in [0.2, 0.25) is 0 Å². The van der Waals surface area contributed by atoms with E-state index in [9.17, 15) is 9.36 Å². The molecule has 0 rings (SSSR count). The summed E-state index contributed by atoms with van der Waals surface area (Å²) >= 11 is 3.92. The summed E-state index contributed by atoms with van der Waals surface area (Å²) in [4.78, 5) is 25.9. The first kappa shape index (κ1) is 125. The Morgan fingerprint density at radius 3 is 0.512 bits per heavy atom. The van der Waals surface area contributed by atoms with Crippen molar-refractivity contribution >= 4 is 136 Å². The first-order valence-electron chi connectivity index (χ1n) is 25.7. The molecule has 0 aliphatic carbocycles. The van der Waals surface area contributed by atoms with Crippen molar-refractivity contribution in [3.8, 4) is 0 Å². The van der Waals surface area contributed by atoms with Crippen LogP contribution in [0.2, 0.25) is 210 Å². The van der Waals surface area contributed by atoms with E-state index >= 15 is 0 Å². The average Bonchev–Trinajstić information content (AvgIpc) is 2.91. The van der Waals surface area contributed by atoms with Crippen molar-refractivity contribution in [2.45, 2.75) is 330 Å². The number of carbonyl (C=O) groups is 1. The minimum atomic E-state index is -3.67. The normalized spacial score (nSPS) is 12.2. The van der Waals surface area contributed by atoms with Crippen LogP contribution >= 0.6 is 20.2 Å². The van der Waals surface area contributed by atoms with Crippen molar-refractivity contribution < 1.29 is 65.4 Å². The van der Waals surface area contributed by atoms with Crippen LogP contribution in [0.1, 0.15) is 121 Å². The molecule has 0 aliphatic rings. The molecule has 522 valence electrons. The van der Waals surface area contributed by atoms with Crippen LogP contribution in [0, 0.1) is 0 Å². The molecule has 0 atom stereocenters. The molecular formula is C52H161O15PSSi13. The molecule has 0 bridgehead atoms. The number of carboxylic acid groups (broad SMARTS) is 1. The minimum absolute atomic E-state index is 0. The molecule has 0 amide bonds. The molecular weight excluding hydrogens is 1290 g/mol. The molecule has 0 aromatic rings. The Morgan fingerprint density at radius 2 is 0.451 bits per heavy atom. The number of aliphatic carboxylic acids is 1. The highest BCUT2D eigenvalue weighted by atomic mass is 32.1. The van der Waals surface area contributed by atoms with Gasteiger partial charge < -0.3 is 56.0 Å². The van der Waals surface area contributed by atoms with E-state index in [2.05, 4.69) is 229 Å². The summed E-state index contributed by atoms with van der Waals surface area (Å²) in [6.45, 7) is 75.1. The maximum Gasteiger partial charge on any atom is 0.325 e. The van der Waals surface area contributed by atoms with Crippen LogP contribution in [-0.4, -0.2) is 143 Å². The third-order valence-electron chi connectivity index (χ3n) is 6.48. The molecule has 0 spiro atoms. The lowest BCUT2D eigenvalue weighted by Gasteiger charge is -2.41. The monoisotopic (exact) mass is 1450 g/mol. The van der Waals surface area contributed by atoms with Crippen LogP contribution in [0.25, 0.3) is 0 Å². The van der Waals surface area contributed by atoms with Crippen molar-refractivity contribution in [2.24, 2.45) is 0 Å². The molecule has 0 aromatic heterocycles. The number of carboxylic acids is 1. The third-order valence-corrected chi connectivity index (χ3v) is 50.2. The Bertz CT molecular complexity index is 1360. The number of hydrogen-bond donors (Lipinski definition) is 4. The van der Waals surface area contributed by atoms with Gasteiger partial charge in [-0.3, -0.25) is 9.36 Å². The maximum absolute atomic E-state index is 9.93. The van der Waals surface area contributed by atoms with Gasteiger partial charge in [-0.1, -0.05) is 95.0 Å². The minimum Gasteiger partial charge on any atom is -0.481 e. The molecule has 3 N–H and O–H groups in total. The van der Waals surface area contributed by atoms with Crippen molar-refractivity contribution in [1.82, 2.24) is 0 Å². The van der Waals surface area contributed by atoms with E-state index in [1.807, 2.05) is 6.92 Å². The second kappa shape index (κ2) is 51.0. The van der Waals surface area contributed by atoms with E-state index in [4.69, 9.17) is 56.0 Å². The number of hydrogen-bond acceptors (Lipinski definition) is 13. The van der Waals surface area contributed by atoms with Crippen molar-refractivity contribution in [1.29, 1.82) is 0 Å². The second-order valence-electron chi connectivity index (χ2n) is 26.7. The molecule has 0 heterocycles. The summed E-state index contributed by atoms with van der Waals surface area (Å²) < 4.78 is 72.7. The number of thiol groups is 1. The van der Waals surface area contributed by atoms with Crippen LogP contribution < -0.4 is 0 Å². The largest absolute Gasteiger partial charge is 0.481 e. The number of rotatable bonds is 25. The fourth-order valence-corrected chi connectivity index (χ4v) is 66.2. The van der Waals surface area contributed by atoms with Crippen LogP contribution in [0.15, 0.2) is 0 Å². The lowest BCUT2D eigenvalue weighted by atomic mass is 10.4. The van der Waals surface area contributed by atoms with Crippen LogP contribution in [0.5, 0.6) is 0 Å². The van der Waals surface area contributed by atoms with Gasteiger partial charge in [0.15, 0.2) is 49.9 Å². The van der Waals surface area contributed by atoms with Crippen LogP contribution in [0.4, 0.5) is 0 Å². The van der Waals surface area contributed by atoms with E-state index < -0.39 is 123 Å². The van der Waals surface area contributed by atoms with Gasteiger partial charge in [0, 0.05) is 12.6 Å². The summed E-state index contributed by atoms with van der Waals surface area (Å²) in [7, 11) is -27.9. The lowest BCUT2D eigenvalue weighted by molar-refractivity contribution is -0.137. The first-order valence-corrected chi connectivity index (χ1v) is 68.3. The first-order chi connectivity index (χ1) is 30.8. The summed E-state index contributed by atoms with van der Waals surface area (Å²) in [5, 5.41) is 7.91. The maximum atomic E-state index is 9.93. The topological polar surface area (TPSA) is 187 Å². The van der Waals surface area contributed by atoms with Gasteiger partial charge in [0.25, 0.3) is 0 Å². The van der Waals surface area contributed by atoms with Crippen molar-refractivity contribution in [3.05, 3.63) is 0 Å². The standard InChI is InChI=1S/2C12H36O4Si5.C8H24O2Si3.C4H8O2.C3H9O3P.C3H8S.10CH4/c2*1-17(2,3)13-19(7,8)15-21(11,12)16-20(9,10)14-18(4,5)6;1-11(2,3)9-13(7,8)10-12(4,5)6;1-2-3-4(5)6;1-2-3-7(4,5)6;1-2-3-4;;;;;;;;;;/h2*1-12H3;1-8H3;2-3H2,1H3,(H,5,6);2-3H2,1H3,(H2,4,5,6);4H,2-3H2,1H3;10*1H4. The molecule has 0 radical (unpaired) electrons. The summed E-state index contributed by atoms with van der Waals surface area (Å²) in [5.74, 6) is 0.303. The zero-order valence-electron chi connectivity index (χ0n) is 53.4. The highest BCUT2D eigenvalue weighted by Crippen LogP contribution is 2.34. The molecule has 0 aromatic carbocycles. The van der Waals surface area contributed by atoms with Gasteiger partial charge in [0.1, 0.15) is 0 Å². The van der Waals surface area contributed by atoms with Crippen LogP contribution in [0.3, 0.4) is 0 Å². The van der Waals surface area contributed by atoms with Crippen molar-refractivity contribution in [3.63, 3.8) is 0 Å². The van der Waals surface area contributed by atoms with E-state index in [-0.39, 0.29) is 80.4 Å². The average molecular weight is 1460 g/mol. The van der Waals surface area contributed by atoms with E-state index in [0.717, 1.165) is 12.2 Å². The second-order valence-corrected chi connectivity index (χ2v) is 82.1. The molecule has 0 fully saturated rings. The molecule has 0 saturated carbocycles. The third kappa shape index (κ3) is 110. The summed E-state index contributed by atoms with van der Waals surface area (Å²) in [6, 6.07) is 0. The van der Waals surface area contributed by atoms with Crippen molar-refractivity contribution in [2.75, 3.05) is 11.9 Å². The fourth-order valence-electron chi connectivity index (χ4n) is 7.44. The zero-order chi connectivity index (χ0) is 59.9. The Labute approximate surface area is 539 Å². The molecule has 0 saturated heterocycles. The molecule has 82 heavy (non-hydrogen) atoms. The Kier molecular flexibility index (Phi) is 78.0.